The highest BCUT2D eigenvalue weighted by Crippen LogP contribution is 2.32. The van der Waals surface area contributed by atoms with Crippen molar-refractivity contribution >= 4 is 18.3 Å². The van der Waals surface area contributed by atoms with Crippen LogP contribution in [-0.4, -0.2) is 60.8 Å². The number of hydrogen-bond donors (Lipinski definition) is 3. The molecule has 0 bridgehead atoms. The van der Waals surface area contributed by atoms with Crippen LogP contribution in [0, 0.1) is 5.82 Å². The summed E-state index contributed by atoms with van der Waals surface area (Å²) in [6.07, 6.45) is 1.29. The highest BCUT2D eigenvalue weighted by molar-refractivity contribution is 5.94. The fourth-order valence-electron chi connectivity index (χ4n) is 3.66. The summed E-state index contributed by atoms with van der Waals surface area (Å²) in [5, 5.41) is 12.9. The number of carbonyl (C=O) groups is 3. The van der Waals surface area contributed by atoms with E-state index >= 15 is 0 Å². The smallest absolute Gasteiger partial charge is 0.290 e. The summed E-state index contributed by atoms with van der Waals surface area (Å²) in [5.41, 5.74) is 1.06. The molecule has 0 atom stereocenters. The first-order chi connectivity index (χ1) is 16.0. The first-order valence-electron chi connectivity index (χ1n) is 10.5. The van der Waals surface area contributed by atoms with E-state index in [1.165, 1.54) is 12.1 Å². The molecule has 10 heteroatoms. The van der Waals surface area contributed by atoms with Crippen LogP contribution in [0.1, 0.15) is 28.8 Å². The third-order valence-electron chi connectivity index (χ3n) is 5.34. The van der Waals surface area contributed by atoms with Crippen molar-refractivity contribution in [1.82, 2.24) is 15.5 Å². The Bertz CT molecular complexity index is 978. The van der Waals surface area contributed by atoms with E-state index in [1.807, 2.05) is 18.2 Å². The minimum atomic E-state index is -0.531. The Morgan fingerprint density at radius 1 is 1.12 bits per heavy atom. The van der Waals surface area contributed by atoms with Gasteiger partial charge in [0.25, 0.3) is 12.4 Å². The number of halogens is 1. The lowest BCUT2D eigenvalue weighted by Gasteiger charge is -2.32. The van der Waals surface area contributed by atoms with Crippen molar-refractivity contribution in [2.75, 3.05) is 26.4 Å². The molecule has 2 heterocycles. The molecule has 4 rings (SSSR count). The van der Waals surface area contributed by atoms with Gasteiger partial charge < -0.3 is 30.1 Å². The monoisotopic (exact) mass is 459 g/mol. The average Bonchev–Trinajstić information content (AvgIpc) is 3.28. The van der Waals surface area contributed by atoms with E-state index in [0.717, 1.165) is 17.1 Å². The molecule has 1 saturated heterocycles. The predicted molar refractivity (Wildman–Crippen MR) is 116 cm³/mol. The first-order valence-corrected chi connectivity index (χ1v) is 10.5. The number of carbonyl (C=O) groups excluding carboxylic acids is 2. The van der Waals surface area contributed by atoms with Crippen LogP contribution < -0.4 is 20.1 Å². The molecule has 2 aliphatic heterocycles. The number of fused-ring (bicyclic) bond motifs is 1. The van der Waals surface area contributed by atoms with Crippen LogP contribution in [0.4, 0.5) is 4.39 Å². The van der Waals surface area contributed by atoms with Crippen molar-refractivity contribution in [3.63, 3.8) is 0 Å². The van der Waals surface area contributed by atoms with Crippen LogP contribution in [0.25, 0.3) is 0 Å². The molecular weight excluding hydrogens is 433 g/mol. The molecule has 33 heavy (non-hydrogen) atoms. The number of carboxylic acid groups (broad SMARTS) is 1. The summed E-state index contributed by atoms with van der Waals surface area (Å²) in [4.78, 5) is 34.8. The van der Waals surface area contributed by atoms with Gasteiger partial charge in [-0.1, -0.05) is 18.2 Å². The zero-order chi connectivity index (χ0) is 23.6. The van der Waals surface area contributed by atoms with Gasteiger partial charge in [0.15, 0.2) is 11.5 Å². The minimum absolute atomic E-state index is 0.0228. The number of rotatable bonds is 6. The van der Waals surface area contributed by atoms with Crippen molar-refractivity contribution in [3.05, 3.63) is 59.4 Å². The summed E-state index contributed by atoms with van der Waals surface area (Å²) in [7, 11) is 0. The zero-order valence-electron chi connectivity index (χ0n) is 18.0. The molecule has 2 aromatic rings. The Morgan fingerprint density at radius 2 is 1.82 bits per heavy atom. The van der Waals surface area contributed by atoms with Gasteiger partial charge >= 0.3 is 0 Å². The maximum absolute atomic E-state index is 13.7. The number of amides is 2. The standard InChI is InChI=1S/C22H24FN3O4.CH2O2/c23-18-4-2-1-3-17(18)22(28)25-16-7-9-26(10-8-16)21(27)13-24-12-15-5-6-19-20(11-15)30-14-29-19;2-1-3/h1-6,11,16,24H,7-10,12-14H2,(H,25,28);1H,(H,2,3). The van der Waals surface area contributed by atoms with E-state index < -0.39 is 11.7 Å². The summed E-state index contributed by atoms with van der Waals surface area (Å²) < 4.78 is 24.4. The lowest BCUT2D eigenvalue weighted by atomic mass is 10.0. The van der Waals surface area contributed by atoms with Crippen LogP contribution in [0.2, 0.25) is 0 Å². The minimum Gasteiger partial charge on any atom is -0.483 e. The van der Waals surface area contributed by atoms with Gasteiger partial charge in [0, 0.05) is 25.7 Å². The molecule has 9 nitrogen and oxygen atoms in total. The molecular formula is C23H26FN3O6. The SMILES string of the molecule is O=C(NC1CCN(C(=O)CNCc2ccc3c(c2)OCO3)CC1)c1ccccc1F.O=CO. The van der Waals surface area contributed by atoms with Gasteiger partial charge in [-0.2, -0.15) is 0 Å². The number of ether oxygens (including phenoxy) is 2. The molecule has 0 unspecified atom stereocenters. The number of likely N-dealkylation sites (tertiary alicyclic amines) is 1. The normalized spacial score (nSPS) is 14.8. The summed E-state index contributed by atoms with van der Waals surface area (Å²) in [5.74, 6) is 0.536. The fourth-order valence-corrected chi connectivity index (χ4v) is 3.66. The van der Waals surface area contributed by atoms with Crippen molar-refractivity contribution in [1.29, 1.82) is 0 Å². The number of piperidine rings is 1. The molecule has 0 spiro atoms. The molecule has 3 N–H and O–H groups in total. The first kappa shape index (κ1) is 24.0. The van der Waals surface area contributed by atoms with Crippen molar-refractivity contribution in [2.24, 2.45) is 0 Å². The van der Waals surface area contributed by atoms with Gasteiger partial charge in [0.2, 0.25) is 12.7 Å². The maximum atomic E-state index is 13.7. The molecule has 2 aliphatic rings. The molecule has 2 aromatic carbocycles. The van der Waals surface area contributed by atoms with Gasteiger partial charge in [0.05, 0.1) is 12.1 Å². The highest BCUT2D eigenvalue weighted by atomic mass is 19.1. The van der Waals surface area contributed by atoms with Gasteiger partial charge in [-0.05, 0) is 42.7 Å². The molecule has 2 amide bonds. The Kier molecular flexibility index (Phi) is 8.59. The van der Waals surface area contributed by atoms with Crippen LogP contribution in [0.3, 0.4) is 0 Å². The van der Waals surface area contributed by atoms with Gasteiger partial charge in [-0.25, -0.2) is 4.39 Å². The van der Waals surface area contributed by atoms with E-state index in [2.05, 4.69) is 10.6 Å². The maximum Gasteiger partial charge on any atom is 0.290 e. The van der Waals surface area contributed by atoms with E-state index in [-0.39, 0.29) is 37.3 Å². The average molecular weight is 459 g/mol. The Balaban J connectivity index is 0.000000968. The molecule has 0 aliphatic carbocycles. The molecule has 1 fully saturated rings. The lowest BCUT2D eigenvalue weighted by molar-refractivity contribution is -0.131. The molecule has 0 saturated carbocycles. The van der Waals surface area contributed by atoms with Crippen molar-refractivity contribution in [3.8, 4) is 11.5 Å². The number of nitrogens with one attached hydrogen (secondary N) is 2. The summed E-state index contributed by atoms with van der Waals surface area (Å²) in [6.45, 7) is 1.90. The van der Waals surface area contributed by atoms with Crippen LogP contribution >= 0.6 is 0 Å². The summed E-state index contributed by atoms with van der Waals surface area (Å²) >= 11 is 0. The van der Waals surface area contributed by atoms with Crippen LogP contribution in [-0.2, 0) is 16.1 Å². The zero-order valence-corrected chi connectivity index (χ0v) is 18.0. The number of nitrogens with zero attached hydrogens (tertiary/aromatic N) is 1. The lowest BCUT2D eigenvalue weighted by Crippen LogP contribution is -2.48. The van der Waals surface area contributed by atoms with Gasteiger partial charge in [0.1, 0.15) is 5.82 Å². The quantitative estimate of drug-likeness (QED) is 0.564. The second kappa shape index (κ2) is 11.8. The van der Waals surface area contributed by atoms with Gasteiger partial charge in [-0.3, -0.25) is 14.4 Å². The topological polar surface area (TPSA) is 117 Å². The number of benzene rings is 2. The van der Waals surface area contributed by atoms with E-state index in [1.54, 1.807) is 17.0 Å². The highest BCUT2D eigenvalue weighted by Gasteiger charge is 2.24. The molecule has 0 radical (unpaired) electrons. The van der Waals surface area contributed by atoms with Crippen LogP contribution in [0.15, 0.2) is 42.5 Å². The third-order valence-corrected chi connectivity index (χ3v) is 5.34. The van der Waals surface area contributed by atoms with Crippen LogP contribution in [0.5, 0.6) is 11.5 Å². The third kappa shape index (κ3) is 6.66. The number of hydrogen-bond acceptors (Lipinski definition) is 6. The largest absolute Gasteiger partial charge is 0.483 e. The van der Waals surface area contributed by atoms with Crippen molar-refractivity contribution < 1.29 is 33.4 Å². The van der Waals surface area contributed by atoms with Crippen molar-refractivity contribution in [2.45, 2.75) is 25.4 Å². The second-order valence-corrected chi connectivity index (χ2v) is 7.50. The van der Waals surface area contributed by atoms with E-state index in [9.17, 15) is 14.0 Å². The predicted octanol–water partition coefficient (Wildman–Crippen LogP) is 1.77. The molecule has 0 aromatic heterocycles. The Labute approximate surface area is 190 Å². The second-order valence-electron chi connectivity index (χ2n) is 7.50. The van der Waals surface area contributed by atoms with E-state index in [4.69, 9.17) is 19.4 Å². The van der Waals surface area contributed by atoms with E-state index in [0.29, 0.717) is 32.5 Å². The Morgan fingerprint density at radius 3 is 2.55 bits per heavy atom. The fraction of sp³-hybridized carbons (Fsp3) is 0.348. The molecule has 176 valence electrons. The van der Waals surface area contributed by atoms with Gasteiger partial charge in [-0.15, -0.1) is 0 Å². The summed E-state index contributed by atoms with van der Waals surface area (Å²) in [6, 6.07) is 11.6. The Hall–Kier alpha value is -3.66.